The Bertz CT molecular complexity index is 485. The lowest BCUT2D eigenvalue weighted by Gasteiger charge is -2.26. The first-order valence-electron chi connectivity index (χ1n) is 6.98. The number of nitrogens with zero attached hydrogens (tertiary/aromatic N) is 1. The fraction of sp³-hybridized carbons (Fsp3) is 0.467. The van der Waals surface area contributed by atoms with E-state index in [-0.39, 0.29) is 11.8 Å². The maximum atomic E-state index is 11.9. The molecule has 0 aliphatic carbocycles. The van der Waals surface area contributed by atoms with Crippen molar-refractivity contribution in [3.63, 3.8) is 0 Å². The van der Waals surface area contributed by atoms with Crippen LogP contribution >= 0.6 is 22.6 Å². The summed E-state index contributed by atoms with van der Waals surface area (Å²) in [6.07, 6.45) is 3.80. The molecule has 0 unspecified atom stereocenters. The molecule has 1 saturated heterocycles. The van der Waals surface area contributed by atoms with Gasteiger partial charge in [-0.3, -0.25) is 9.59 Å². The molecule has 0 atom stereocenters. The molecule has 1 heterocycles. The molecule has 4 nitrogen and oxygen atoms in total. The zero-order valence-corrected chi connectivity index (χ0v) is 13.6. The molecule has 1 aromatic carbocycles. The minimum absolute atomic E-state index is 0.116. The molecule has 1 fully saturated rings. The number of nitrogens with one attached hydrogen (secondary N) is 1. The molecule has 1 aliphatic heterocycles. The van der Waals surface area contributed by atoms with Gasteiger partial charge in [0.25, 0.3) is 5.91 Å². The normalized spacial score (nSPS) is 14.9. The molecule has 0 radical (unpaired) electrons. The molecular weight excluding hydrogens is 367 g/mol. The smallest absolute Gasteiger partial charge is 0.251 e. The Morgan fingerprint density at radius 1 is 1.20 bits per heavy atom. The van der Waals surface area contributed by atoms with Gasteiger partial charge < -0.3 is 10.2 Å². The van der Waals surface area contributed by atoms with Crippen molar-refractivity contribution >= 4 is 34.4 Å². The predicted molar refractivity (Wildman–Crippen MR) is 86.5 cm³/mol. The minimum Gasteiger partial charge on any atom is -0.352 e. The number of benzene rings is 1. The number of carbonyl (C=O) groups is 2. The van der Waals surface area contributed by atoms with Gasteiger partial charge in [-0.15, -0.1) is 0 Å². The highest BCUT2D eigenvalue weighted by atomic mass is 127. The second-order valence-electron chi connectivity index (χ2n) is 4.96. The number of hydrogen-bond acceptors (Lipinski definition) is 2. The van der Waals surface area contributed by atoms with Gasteiger partial charge in [-0.2, -0.15) is 0 Å². The number of likely N-dealkylation sites (tertiary alicyclic amines) is 1. The van der Waals surface area contributed by atoms with E-state index in [2.05, 4.69) is 27.9 Å². The first kappa shape index (κ1) is 15.3. The summed E-state index contributed by atoms with van der Waals surface area (Å²) in [4.78, 5) is 25.8. The van der Waals surface area contributed by atoms with E-state index in [0.29, 0.717) is 18.5 Å². The highest BCUT2D eigenvalue weighted by Crippen LogP contribution is 2.10. The van der Waals surface area contributed by atoms with Crippen LogP contribution in [-0.4, -0.2) is 36.3 Å². The Labute approximate surface area is 133 Å². The summed E-state index contributed by atoms with van der Waals surface area (Å²) in [6.45, 7) is 2.13. The van der Waals surface area contributed by atoms with Gasteiger partial charge in [0.15, 0.2) is 0 Å². The number of rotatable bonds is 4. The molecule has 1 N–H and O–H groups in total. The van der Waals surface area contributed by atoms with E-state index in [0.717, 1.165) is 29.5 Å². The number of piperidine rings is 1. The number of halogens is 1. The zero-order valence-electron chi connectivity index (χ0n) is 11.4. The van der Waals surface area contributed by atoms with Crippen molar-refractivity contribution < 1.29 is 9.59 Å². The van der Waals surface area contributed by atoms with Gasteiger partial charge in [0, 0.05) is 35.2 Å². The number of hydrogen-bond donors (Lipinski definition) is 1. The van der Waals surface area contributed by atoms with Crippen molar-refractivity contribution in [2.24, 2.45) is 0 Å². The van der Waals surface area contributed by atoms with Crippen LogP contribution in [0.5, 0.6) is 0 Å². The molecule has 2 rings (SSSR count). The van der Waals surface area contributed by atoms with E-state index >= 15 is 0 Å². The Morgan fingerprint density at radius 2 is 1.95 bits per heavy atom. The summed E-state index contributed by atoms with van der Waals surface area (Å²) in [5.74, 6) is 0.0302. The van der Waals surface area contributed by atoms with E-state index in [9.17, 15) is 9.59 Å². The van der Waals surface area contributed by atoms with E-state index in [1.165, 1.54) is 6.42 Å². The maximum absolute atomic E-state index is 11.9. The molecule has 0 spiro atoms. The first-order chi connectivity index (χ1) is 9.66. The van der Waals surface area contributed by atoms with Crippen LogP contribution in [0.2, 0.25) is 0 Å². The van der Waals surface area contributed by atoms with Crippen LogP contribution in [0.15, 0.2) is 24.3 Å². The second kappa shape index (κ2) is 7.61. The molecule has 0 bridgehead atoms. The minimum atomic E-state index is -0.116. The van der Waals surface area contributed by atoms with Gasteiger partial charge in [-0.1, -0.05) is 6.07 Å². The molecule has 5 heteroatoms. The molecule has 2 amide bonds. The molecule has 108 valence electrons. The van der Waals surface area contributed by atoms with Crippen molar-refractivity contribution in [2.75, 3.05) is 19.6 Å². The second-order valence-corrected chi connectivity index (χ2v) is 6.20. The summed E-state index contributed by atoms with van der Waals surface area (Å²) in [5.41, 5.74) is 0.641. The van der Waals surface area contributed by atoms with Gasteiger partial charge in [0.1, 0.15) is 0 Å². The van der Waals surface area contributed by atoms with Gasteiger partial charge in [-0.05, 0) is 60.1 Å². The summed E-state index contributed by atoms with van der Waals surface area (Å²) in [6, 6.07) is 7.42. The standard InChI is InChI=1S/C15H19IN2O2/c16-13-6-4-5-12(11-13)15(20)17-8-7-14(19)18-9-2-1-3-10-18/h4-6,11H,1-3,7-10H2,(H,17,20). The monoisotopic (exact) mass is 386 g/mol. The zero-order chi connectivity index (χ0) is 14.4. The van der Waals surface area contributed by atoms with Crippen LogP contribution in [0.4, 0.5) is 0 Å². The SMILES string of the molecule is O=C(NCCC(=O)N1CCCCC1)c1cccc(I)c1. The lowest BCUT2D eigenvalue weighted by Crippen LogP contribution is -2.37. The highest BCUT2D eigenvalue weighted by molar-refractivity contribution is 14.1. The fourth-order valence-electron chi connectivity index (χ4n) is 2.32. The molecule has 0 aromatic heterocycles. The molecule has 20 heavy (non-hydrogen) atoms. The third kappa shape index (κ3) is 4.47. The van der Waals surface area contributed by atoms with Crippen molar-refractivity contribution in [3.05, 3.63) is 33.4 Å². The Balaban J connectivity index is 1.75. The summed E-state index contributed by atoms with van der Waals surface area (Å²) in [5, 5.41) is 2.81. The average molecular weight is 386 g/mol. The summed E-state index contributed by atoms with van der Waals surface area (Å²) >= 11 is 2.18. The third-order valence-corrected chi connectivity index (χ3v) is 4.09. The van der Waals surface area contributed by atoms with Crippen LogP contribution in [0.3, 0.4) is 0 Å². The Hall–Kier alpha value is -1.11. The number of carbonyl (C=O) groups excluding carboxylic acids is 2. The van der Waals surface area contributed by atoms with Crippen molar-refractivity contribution in [2.45, 2.75) is 25.7 Å². The fourth-order valence-corrected chi connectivity index (χ4v) is 2.86. The Morgan fingerprint density at radius 3 is 2.65 bits per heavy atom. The van der Waals surface area contributed by atoms with E-state index in [4.69, 9.17) is 0 Å². The van der Waals surface area contributed by atoms with Crippen LogP contribution in [0.25, 0.3) is 0 Å². The quantitative estimate of drug-likeness (QED) is 0.809. The predicted octanol–water partition coefficient (Wildman–Crippen LogP) is 2.42. The topological polar surface area (TPSA) is 49.4 Å². The average Bonchev–Trinajstić information content (AvgIpc) is 2.48. The highest BCUT2D eigenvalue weighted by Gasteiger charge is 2.16. The first-order valence-corrected chi connectivity index (χ1v) is 8.06. The molecule has 1 aliphatic rings. The Kier molecular flexibility index (Phi) is 5.82. The van der Waals surface area contributed by atoms with Crippen LogP contribution in [-0.2, 0) is 4.79 Å². The lowest BCUT2D eigenvalue weighted by molar-refractivity contribution is -0.131. The van der Waals surface area contributed by atoms with E-state index < -0.39 is 0 Å². The van der Waals surface area contributed by atoms with E-state index in [1.54, 1.807) is 6.07 Å². The molecule has 0 saturated carbocycles. The van der Waals surface area contributed by atoms with Crippen molar-refractivity contribution in [1.82, 2.24) is 10.2 Å². The van der Waals surface area contributed by atoms with Crippen molar-refractivity contribution in [3.8, 4) is 0 Å². The van der Waals surface area contributed by atoms with Crippen LogP contribution in [0, 0.1) is 3.57 Å². The van der Waals surface area contributed by atoms with Gasteiger partial charge in [-0.25, -0.2) is 0 Å². The summed E-state index contributed by atoms with van der Waals surface area (Å²) < 4.78 is 1.03. The maximum Gasteiger partial charge on any atom is 0.251 e. The molecular formula is C15H19IN2O2. The van der Waals surface area contributed by atoms with Crippen molar-refractivity contribution in [1.29, 1.82) is 0 Å². The van der Waals surface area contributed by atoms with Gasteiger partial charge >= 0.3 is 0 Å². The number of amides is 2. The van der Waals surface area contributed by atoms with Crippen LogP contribution < -0.4 is 5.32 Å². The van der Waals surface area contributed by atoms with Gasteiger partial charge in [0.05, 0.1) is 0 Å². The molecule has 1 aromatic rings. The van der Waals surface area contributed by atoms with Gasteiger partial charge in [0.2, 0.25) is 5.91 Å². The largest absolute Gasteiger partial charge is 0.352 e. The van der Waals surface area contributed by atoms with E-state index in [1.807, 2.05) is 23.1 Å². The third-order valence-electron chi connectivity index (χ3n) is 3.42. The van der Waals surface area contributed by atoms with Crippen LogP contribution in [0.1, 0.15) is 36.0 Å². The lowest BCUT2D eigenvalue weighted by atomic mass is 10.1. The summed E-state index contributed by atoms with van der Waals surface area (Å²) in [7, 11) is 0.